The fourth-order valence-corrected chi connectivity index (χ4v) is 4.82. The first kappa shape index (κ1) is 19.7. The zero-order chi connectivity index (χ0) is 22.0. The number of nitrogens with zero attached hydrogens (tertiary/aromatic N) is 1. The highest BCUT2D eigenvalue weighted by atomic mass is 19.1. The lowest BCUT2D eigenvalue weighted by Crippen LogP contribution is -2.32. The number of benzene rings is 3. The van der Waals surface area contributed by atoms with Gasteiger partial charge in [-0.3, -0.25) is 0 Å². The van der Waals surface area contributed by atoms with Gasteiger partial charge in [-0.15, -0.1) is 0 Å². The van der Waals surface area contributed by atoms with Crippen LogP contribution in [-0.4, -0.2) is 0 Å². The Morgan fingerprint density at radius 2 is 1.58 bits per heavy atom. The smallest absolute Gasteiger partial charge is 0.216 e. The van der Waals surface area contributed by atoms with Crippen molar-refractivity contribution in [2.24, 2.45) is 7.05 Å². The summed E-state index contributed by atoms with van der Waals surface area (Å²) in [4.78, 5) is 0. The largest absolute Gasteiger partial charge is 0.455 e. The van der Waals surface area contributed by atoms with Crippen LogP contribution in [0.1, 0.15) is 36.5 Å². The fraction of sp³-hybridized carbons (Fsp3) is 0.222. The molecule has 0 atom stereocenters. The van der Waals surface area contributed by atoms with E-state index in [9.17, 15) is 4.39 Å². The molecule has 0 saturated heterocycles. The predicted octanol–water partition coefficient (Wildman–Crippen LogP) is 7.25. The van der Waals surface area contributed by atoms with Gasteiger partial charge in [-0.1, -0.05) is 38.1 Å². The molecule has 5 rings (SSSR count). The van der Waals surface area contributed by atoms with E-state index in [4.69, 9.17) is 4.42 Å². The maximum atomic E-state index is 15.3. The van der Waals surface area contributed by atoms with E-state index in [1.807, 2.05) is 30.7 Å². The maximum absolute atomic E-state index is 15.3. The molecule has 4 heteroatoms. The molecule has 2 aromatic heterocycles. The van der Waals surface area contributed by atoms with Gasteiger partial charge in [-0.2, -0.15) is 0 Å². The van der Waals surface area contributed by atoms with Gasteiger partial charge in [0, 0.05) is 28.5 Å². The number of fused-ring (bicyclic) bond motifs is 5. The normalized spacial score (nSPS) is 12.0. The molecule has 31 heavy (non-hydrogen) atoms. The molecule has 0 aliphatic carbocycles. The average molecular weight is 416 g/mol. The van der Waals surface area contributed by atoms with Crippen LogP contribution in [-0.2, 0) is 7.05 Å². The second-order valence-corrected chi connectivity index (χ2v) is 8.70. The minimum Gasteiger partial charge on any atom is -0.455 e. The van der Waals surface area contributed by atoms with Gasteiger partial charge >= 0.3 is 0 Å². The van der Waals surface area contributed by atoms with Crippen molar-refractivity contribution in [2.75, 3.05) is 0 Å². The molecule has 0 spiro atoms. The summed E-state index contributed by atoms with van der Waals surface area (Å²) in [6, 6.07) is 12.2. The van der Waals surface area contributed by atoms with E-state index in [1.165, 1.54) is 17.2 Å². The molecule has 0 aliphatic rings. The Morgan fingerprint density at radius 1 is 0.871 bits per heavy atom. The van der Waals surface area contributed by atoms with Crippen LogP contribution in [0.2, 0.25) is 0 Å². The standard InChI is InChI=1S/C27H24F2NO/c1-14(2)19-11-22(30(5)13-16(19)4)24-15(3)10-21(29)26-25-18-9-7-6-8-17(18)20(28)12-23(25)31-27(24)26/h6-14H,1-5H3/q+1. The van der Waals surface area contributed by atoms with Crippen LogP contribution < -0.4 is 4.57 Å². The highest BCUT2D eigenvalue weighted by molar-refractivity contribution is 6.21. The predicted molar refractivity (Wildman–Crippen MR) is 121 cm³/mol. The van der Waals surface area contributed by atoms with Gasteiger partial charge in [-0.25, -0.2) is 13.3 Å². The summed E-state index contributed by atoms with van der Waals surface area (Å²) >= 11 is 0. The molecule has 2 heterocycles. The number of aromatic nitrogens is 1. The Balaban J connectivity index is 1.97. The lowest BCUT2D eigenvalue weighted by molar-refractivity contribution is -0.660. The fourth-order valence-electron chi connectivity index (χ4n) is 4.82. The van der Waals surface area contributed by atoms with Crippen molar-refractivity contribution >= 4 is 32.7 Å². The highest BCUT2D eigenvalue weighted by Gasteiger charge is 2.26. The molecule has 0 aliphatic heterocycles. The van der Waals surface area contributed by atoms with Gasteiger partial charge in [0.05, 0.1) is 10.9 Å². The number of pyridine rings is 1. The van der Waals surface area contributed by atoms with Crippen molar-refractivity contribution in [1.82, 2.24) is 0 Å². The third kappa shape index (κ3) is 2.85. The van der Waals surface area contributed by atoms with E-state index in [-0.39, 0.29) is 11.6 Å². The molecule has 156 valence electrons. The molecule has 2 nitrogen and oxygen atoms in total. The molecular weight excluding hydrogens is 392 g/mol. The average Bonchev–Trinajstić information content (AvgIpc) is 3.09. The Hall–Kier alpha value is -3.27. The number of halogens is 2. The lowest BCUT2D eigenvalue weighted by Gasteiger charge is -2.12. The third-order valence-electron chi connectivity index (χ3n) is 6.24. The van der Waals surface area contributed by atoms with Gasteiger partial charge in [-0.05, 0) is 42.3 Å². The van der Waals surface area contributed by atoms with E-state index in [0.29, 0.717) is 38.6 Å². The van der Waals surface area contributed by atoms with E-state index in [0.717, 1.165) is 16.8 Å². The summed E-state index contributed by atoms with van der Waals surface area (Å²) in [6.45, 7) is 8.31. The number of aryl methyl sites for hydroxylation is 3. The zero-order valence-electron chi connectivity index (χ0n) is 18.3. The lowest BCUT2D eigenvalue weighted by atomic mass is 9.94. The van der Waals surface area contributed by atoms with Gasteiger partial charge in [0.15, 0.2) is 11.8 Å². The summed E-state index contributed by atoms with van der Waals surface area (Å²) in [5.74, 6) is -0.376. The van der Waals surface area contributed by atoms with Crippen LogP contribution in [0.3, 0.4) is 0 Å². The van der Waals surface area contributed by atoms with Gasteiger partial charge in [0.1, 0.15) is 24.3 Å². The number of rotatable bonds is 2. The Bertz CT molecular complexity index is 1510. The molecule has 5 aromatic rings. The summed E-state index contributed by atoms with van der Waals surface area (Å²) in [7, 11) is 1.98. The van der Waals surface area contributed by atoms with Crippen LogP contribution in [0.4, 0.5) is 8.78 Å². The summed E-state index contributed by atoms with van der Waals surface area (Å²) in [5.41, 5.74) is 5.81. The minimum absolute atomic E-state index is 0.352. The van der Waals surface area contributed by atoms with E-state index < -0.39 is 0 Å². The van der Waals surface area contributed by atoms with Gasteiger partial charge in [0.2, 0.25) is 5.69 Å². The van der Waals surface area contributed by atoms with Crippen LogP contribution in [0, 0.1) is 25.5 Å². The van der Waals surface area contributed by atoms with Gasteiger partial charge < -0.3 is 4.42 Å². The van der Waals surface area contributed by atoms with Crippen LogP contribution in [0.15, 0.2) is 53.1 Å². The number of hydrogen-bond acceptors (Lipinski definition) is 1. The Labute approximate surface area is 179 Å². The highest BCUT2D eigenvalue weighted by Crippen LogP contribution is 2.42. The minimum atomic E-state index is -0.371. The zero-order valence-corrected chi connectivity index (χ0v) is 18.3. The first-order chi connectivity index (χ1) is 14.8. The number of furan rings is 1. The van der Waals surface area contributed by atoms with Crippen molar-refractivity contribution in [3.8, 4) is 11.3 Å². The van der Waals surface area contributed by atoms with Crippen molar-refractivity contribution in [3.63, 3.8) is 0 Å². The Kier molecular flexibility index (Phi) is 4.37. The topological polar surface area (TPSA) is 17.0 Å². The molecule has 0 bridgehead atoms. The van der Waals surface area contributed by atoms with Crippen molar-refractivity contribution in [3.05, 3.63) is 77.0 Å². The SMILES string of the molecule is Cc1c[n+](C)c(-c2c(C)cc(F)c3c2oc2cc(F)c4ccccc4c23)cc1C(C)C. The quantitative estimate of drug-likeness (QED) is 0.277. The molecule has 0 radical (unpaired) electrons. The molecular formula is C27H24F2NO+. The van der Waals surface area contributed by atoms with Crippen LogP contribution in [0.25, 0.3) is 44.0 Å². The molecule has 0 N–H and O–H groups in total. The molecule has 0 amide bonds. The number of hydrogen-bond donors (Lipinski definition) is 0. The van der Waals surface area contributed by atoms with Crippen molar-refractivity contribution < 1.29 is 17.8 Å². The van der Waals surface area contributed by atoms with Crippen molar-refractivity contribution in [1.29, 1.82) is 0 Å². The monoisotopic (exact) mass is 416 g/mol. The maximum Gasteiger partial charge on any atom is 0.216 e. The third-order valence-corrected chi connectivity index (χ3v) is 6.24. The second kappa shape index (κ2) is 6.88. The van der Waals surface area contributed by atoms with Gasteiger partial charge in [0.25, 0.3) is 0 Å². The summed E-state index contributed by atoms with van der Waals surface area (Å²) in [5, 5.41) is 2.13. The molecule has 3 aromatic carbocycles. The molecule has 0 unspecified atom stereocenters. The van der Waals surface area contributed by atoms with E-state index in [2.05, 4.69) is 33.0 Å². The van der Waals surface area contributed by atoms with E-state index in [1.54, 1.807) is 18.2 Å². The first-order valence-electron chi connectivity index (χ1n) is 10.5. The van der Waals surface area contributed by atoms with E-state index >= 15 is 4.39 Å². The molecule has 0 fully saturated rings. The second-order valence-electron chi connectivity index (χ2n) is 8.70. The first-order valence-corrected chi connectivity index (χ1v) is 10.5. The summed E-state index contributed by atoms with van der Waals surface area (Å²) in [6.07, 6.45) is 2.09. The molecule has 0 saturated carbocycles. The van der Waals surface area contributed by atoms with Crippen LogP contribution >= 0.6 is 0 Å². The summed E-state index contributed by atoms with van der Waals surface area (Å²) < 4.78 is 38.3. The van der Waals surface area contributed by atoms with Crippen LogP contribution in [0.5, 0.6) is 0 Å². The Morgan fingerprint density at radius 3 is 2.29 bits per heavy atom. The van der Waals surface area contributed by atoms with Crippen molar-refractivity contribution in [2.45, 2.75) is 33.6 Å².